The number of pyridine rings is 1. The van der Waals surface area contributed by atoms with Crippen LogP contribution in [0.15, 0.2) is 71.0 Å². The molecule has 4 aromatic rings. The van der Waals surface area contributed by atoms with Gasteiger partial charge in [-0.15, -0.1) is 11.3 Å². The highest BCUT2D eigenvalue weighted by Gasteiger charge is 2.46. The number of halogens is 1. The van der Waals surface area contributed by atoms with E-state index in [1.165, 1.54) is 29.7 Å². The molecule has 10 nitrogen and oxygen atoms in total. The molecule has 0 N–H and O–H groups in total. The Morgan fingerprint density at radius 3 is 2.76 bits per heavy atom. The minimum atomic E-state index is -0.998. The Balaban J connectivity index is 1.48. The van der Waals surface area contributed by atoms with Crippen molar-refractivity contribution in [3.05, 3.63) is 99.0 Å². The van der Waals surface area contributed by atoms with Gasteiger partial charge in [-0.3, -0.25) is 19.3 Å². The number of amides is 1. The third-order valence-corrected chi connectivity index (χ3v) is 8.69. The molecule has 0 bridgehead atoms. The van der Waals surface area contributed by atoms with Crippen LogP contribution in [-0.2, 0) is 14.2 Å². The molecule has 1 aliphatic carbocycles. The summed E-state index contributed by atoms with van der Waals surface area (Å²) in [7, 11) is 1.14. The van der Waals surface area contributed by atoms with E-state index in [1.807, 2.05) is 46.8 Å². The highest BCUT2D eigenvalue weighted by Crippen LogP contribution is 2.50. The topological polar surface area (TPSA) is 99.5 Å². The summed E-state index contributed by atoms with van der Waals surface area (Å²) in [5.41, 5.74) is 3.19. The molecule has 2 aromatic heterocycles. The van der Waals surface area contributed by atoms with Crippen LogP contribution in [0.1, 0.15) is 27.7 Å². The van der Waals surface area contributed by atoms with E-state index >= 15 is 4.39 Å². The summed E-state index contributed by atoms with van der Waals surface area (Å²) in [6.07, 6.45) is -0.0781. The SMILES string of the molecule is COC(=O)OCOc1c2n(ccc1=O)N([C@@H]1c3ccccc3-c3sccc3-c3c(F)cccc31)[C@@H]1COCCN1C2=O. The average molecular weight is 590 g/mol. The van der Waals surface area contributed by atoms with Crippen LogP contribution in [0.3, 0.4) is 0 Å². The van der Waals surface area contributed by atoms with Gasteiger partial charge in [-0.2, -0.15) is 0 Å². The van der Waals surface area contributed by atoms with Gasteiger partial charge in [0, 0.05) is 34.8 Å². The van der Waals surface area contributed by atoms with Crippen LogP contribution in [-0.4, -0.2) is 61.5 Å². The predicted octanol–water partition coefficient (Wildman–Crippen LogP) is 4.36. The zero-order chi connectivity index (χ0) is 29.0. The van der Waals surface area contributed by atoms with E-state index in [1.54, 1.807) is 15.6 Å². The van der Waals surface area contributed by atoms with Crippen molar-refractivity contribution >= 4 is 23.4 Å². The molecule has 7 rings (SSSR count). The first-order valence-electron chi connectivity index (χ1n) is 13.2. The second kappa shape index (κ2) is 10.3. The number of thiophene rings is 1. The molecule has 42 heavy (non-hydrogen) atoms. The van der Waals surface area contributed by atoms with Gasteiger partial charge in [-0.1, -0.05) is 36.4 Å². The third-order valence-electron chi connectivity index (χ3n) is 7.74. The predicted molar refractivity (Wildman–Crippen MR) is 151 cm³/mol. The van der Waals surface area contributed by atoms with Crippen LogP contribution in [0.25, 0.3) is 21.6 Å². The molecule has 2 aromatic carbocycles. The number of ether oxygens (including phenoxy) is 4. The Hall–Kier alpha value is -4.68. The number of carbonyl (C=O) groups is 2. The number of hydrogen-bond acceptors (Lipinski definition) is 9. The Kier molecular flexibility index (Phi) is 6.43. The molecule has 1 fully saturated rings. The maximum Gasteiger partial charge on any atom is 0.510 e. The fourth-order valence-electron chi connectivity index (χ4n) is 6.02. The molecule has 12 heteroatoms. The van der Waals surface area contributed by atoms with E-state index < -0.39 is 36.5 Å². The van der Waals surface area contributed by atoms with E-state index in [2.05, 4.69) is 4.74 Å². The van der Waals surface area contributed by atoms with E-state index in [0.29, 0.717) is 17.7 Å². The monoisotopic (exact) mass is 589 g/mol. The van der Waals surface area contributed by atoms with Gasteiger partial charge >= 0.3 is 6.16 Å². The standard InChI is InChI=1S/C30H24FN3O7S/c1-38-30(37)41-16-40-27-22(35)9-11-33-26(27)29(36)32-12-13-39-15-23(32)34(33)25-17-5-2-3-6-18(17)28-20(10-14-42-28)24-19(25)7-4-8-21(24)31/h2-11,14,23,25H,12-13,15-16H2,1H3/t23-,25-/m1/s1. The zero-order valence-electron chi connectivity index (χ0n) is 22.3. The Labute approximate surface area is 243 Å². The van der Waals surface area contributed by atoms with Gasteiger partial charge in [0.2, 0.25) is 18.0 Å². The second-order valence-corrected chi connectivity index (χ2v) is 10.8. The van der Waals surface area contributed by atoms with Crippen LogP contribution in [0.5, 0.6) is 5.75 Å². The molecule has 2 aliphatic heterocycles. The van der Waals surface area contributed by atoms with Gasteiger partial charge < -0.3 is 23.8 Å². The number of nitrogens with zero attached hydrogens (tertiary/aromatic N) is 3. The van der Waals surface area contributed by atoms with Gasteiger partial charge in [0.25, 0.3) is 5.91 Å². The van der Waals surface area contributed by atoms with Crippen molar-refractivity contribution in [1.29, 1.82) is 0 Å². The number of rotatable bonds is 4. The van der Waals surface area contributed by atoms with Crippen molar-refractivity contribution in [2.24, 2.45) is 0 Å². The Morgan fingerprint density at radius 1 is 1.07 bits per heavy atom. The number of fused-ring (bicyclic) bond motifs is 7. The molecule has 0 spiro atoms. The highest BCUT2D eigenvalue weighted by molar-refractivity contribution is 7.14. The zero-order valence-corrected chi connectivity index (χ0v) is 23.1. The maximum atomic E-state index is 15.8. The summed E-state index contributed by atoms with van der Waals surface area (Å²) >= 11 is 1.53. The maximum absolute atomic E-state index is 15.8. The van der Waals surface area contributed by atoms with Crippen molar-refractivity contribution in [1.82, 2.24) is 9.58 Å². The minimum absolute atomic E-state index is 0.0384. The lowest BCUT2D eigenvalue weighted by molar-refractivity contribution is -0.0208. The third kappa shape index (κ3) is 3.97. The van der Waals surface area contributed by atoms with Crippen molar-refractivity contribution in [2.45, 2.75) is 12.2 Å². The van der Waals surface area contributed by atoms with Crippen LogP contribution in [0, 0.1) is 5.82 Å². The van der Waals surface area contributed by atoms with Crippen molar-refractivity contribution < 1.29 is 32.9 Å². The van der Waals surface area contributed by atoms with Crippen LogP contribution >= 0.6 is 11.3 Å². The molecule has 0 radical (unpaired) electrons. The van der Waals surface area contributed by atoms with Gasteiger partial charge in [0.1, 0.15) is 12.0 Å². The Morgan fingerprint density at radius 2 is 1.90 bits per heavy atom. The molecule has 0 saturated carbocycles. The van der Waals surface area contributed by atoms with Gasteiger partial charge in [-0.05, 0) is 34.2 Å². The molecular weight excluding hydrogens is 565 g/mol. The summed E-state index contributed by atoms with van der Waals surface area (Å²) in [6.45, 7) is 0.112. The summed E-state index contributed by atoms with van der Waals surface area (Å²) in [5.74, 6) is -1.08. The first kappa shape index (κ1) is 26.2. The first-order chi connectivity index (χ1) is 20.5. The van der Waals surface area contributed by atoms with Gasteiger partial charge in [-0.25, -0.2) is 9.18 Å². The van der Waals surface area contributed by atoms with E-state index in [9.17, 15) is 14.4 Å². The van der Waals surface area contributed by atoms with Gasteiger partial charge in [0.15, 0.2) is 5.69 Å². The van der Waals surface area contributed by atoms with Gasteiger partial charge in [0.05, 0.1) is 26.4 Å². The fraction of sp³-hybridized carbons (Fsp3) is 0.233. The van der Waals surface area contributed by atoms with Crippen LogP contribution < -0.4 is 15.2 Å². The first-order valence-corrected chi connectivity index (χ1v) is 14.1. The number of hydrogen-bond donors (Lipinski definition) is 0. The molecule has 1 amide bonds. The molecule has 0 unspecified atom stereocenters. The lowest BCUT2D eigenvalue weighted by Crippen LogP contribution is -2.66. The van der Waals surface area contributed by atoms with Crippen molar-refractivity contribution in [3.8, 4) is 27.3 Å². The average Bonchev–Trinajstić information content (AvgIpc) is 3.45. The quantitative estimate of drug-likeness (QED) is 0.256. The van der Waals surface area contributed by atoms with E-state index in [-0.39, 0.29) is 30.4 Å². The summed E-state index contributed by atoms with van der Waals surface area (Å²) in [6, 6.07) is 15.5. The van der Waals surface area contributed by atoms with E-state index in [4.69, 9.17) is 14.2 Å². The molecule has 1 saturated heterocycles. The fourth-order valence-corrected chi connectivity index (χ4v) is 6.97. The normalized spacial score (nSPS) is 18.6. The number of carbonyl (C=O) groups excluding carboxylic acids is 2. The largest absolute Gasteiger partial charge is 0.510 e. The number of morpholine rings is 1. The molecule has 4 heterocycles. The summed E-state index contributed by atoms with van der Waals surface area (Å²) < 4.78 is 38.2. The smallest absolute Gasteiger partial charge is 0.451 e. The second-order valence-electron chi connectivity index (χ2n) is 9.85. The van der Waals surface area contributed by atoms with Crippen molar-refractivity contribution in [3.63, 3.8) is 0 Å². The molecular formula is C30H24FN3O7S. The lowest BCUT2D eigenvalue weighted by atomic mass is 9.92. The summed E-state index contributed by atoms with van der Waals surface area (Å²) in [4.78, 5) is 41.1. The van der Waals surface area contributed by atoms with E-state index in [0.717, 1.165) is 28.7 Å². The van der Waals surface area contributed by atoms with Crippen LogP contribution in [0.2, 0.25) is 0 Å². The molecule has 214 valence electrons. The molecule has 2 atom stereocenters. The minimum Gasteiger partial charge on any atom is -0.451 e. The number of aromatic nitrogens is 1. The number of methoxy groups -OCH3 is 1. The van der Waals surface area contributed by atoms with Crippen molar-refractivity contribution in [2.75, 3.05) is 38.7 Å². The lowest BCUT2D eigenvalue weighted by Gasteiger charge is -2.51. The summed E-state index contributed by atoms with van der Waals surface area (Å²) in [5, 5.41) is 3.89. The number of benzene rings is 2. The van der Waals surface area contributed by atoms with Crippen LogP contribution in [0.4, 0.5) is 9.18 Å². The Bertz CT molecular complexity index is 1790. The molecule has 3 aliphatic rings. The highest BCUT2D eigenvalue weighted by atomic mass is 32.1.